The first kappa shape index (κ1) is 28.8. The molecule has 5 rings (SSSR count). The molecule has 2 aromatic carbocycles. The summed E-state index contributed by atoms with van der Waals surface area (Å²) in [5.74, 6) is -0.134. The highest BCUT2D eigenvalue weighted by Crippen LogP contribution is 2.33. The Bertz CT molecular complexity index is 1220. The number of carbonyl (C=O) groups is 1. The molecular formula is C28H36N2O9S. The van der Waals surface area contributed by atoms with E-state index >= 15 is 0 Å². The van der Waals surface area contributed by atoms with Gasteiger partial charge in [0.2, 0.25) is 10.0 Å². The molecule has 1 aliphatic carbocycles. The van der Waals surface area contributed by atoms with E-state index < -0.39 is 40.6 Å². The molecule has 0 aromatic heterocycles. The van der Waals surface area contributed by atoms with Gasteiger partial charge in [0.15, 0.2) is 6.29 Å². The lowest BCUT2D eigenvalue weighted by Gasteiger charge is -2.33. The summed E-state index contributed by atoms with van der Waals surface area (Å²) < 4.78 is 51.9. The molecule has 218 valence electrons. The maximum Gasteiger partial charge on any atom is 0.407 e. The average molecular weight is 577 g/mol. The first-order valence-electron chi connectivity index (χ1n) is 13.7. The maximum atomic E-state index is 13.2. The van der Waals surface area contributed by atoms with E-state index in [1.54, 1.807) is 0 Å². The van der Waals surface area contributed by atoms with Gasteiger partial charge in [0, 0.05) is 0 Å². The number of fused-ring (bicyclic) bond motifs is 1. The van der Waals surface area contributed by atoms with E-state index in [0.29, 0.717) is 6.61 Å². The van der Waals surface area contributed by atoms with Crippen LogP contribution >= 0.6 is 0 Å². The van der Waals surface area contributed by atoms with Crippen molar-refractivity contribution in [3.05, 3.63) is 60.2 Å². The molecule has 3 fully saturated rings. The molecule has 4 N–H and O–H groups in total. The van der Waals surface area contributed by atoms with E-state index in [1.807, 2.05) is 30.3 Å². The molecule has 1 amide bonds. The number of aliphatic hydroxyl groups is 1. The molecule has 3 aliphatic rings. The van der Waals surface area contributed by atoms with Gasteiger partial charge >= 0.3 is 6.09 Å². The van der Waals surface area contributed by atoms with E-state index in [2.05, 4.69) is 10.0 Å². The van der Waals surface area contributed by atoms with Crippen LogP contribution in [0.2, 0.25) is 0 Å². The van der Waals surface area contributed by atoms with Gasteiger partial charge in [0.1, 0.15) is 24.2 Å². The van der Waals surface area contributed by atoms with Gasteiger partial charge in [-0.05, 0) is 55.5 Å². The van der Waals surface area contributed by atoms with Crippen molar-refractivity contribution in [2.45, 2.75) is 80.3 Å². The van der Waals surface area contributed by atoms with Gasteiger partial charge in [-0.25, -0.2) is 13.2 Å². The second kappa shape index (κ2) is 12.8. The van der Waals surface area contributed by atoms with E-state index in [1.165, 1.54) is 24.3 Å². The van der Waals surface area contributed by atoms with Crippen molar-refractivity contribution in [3.8, 4) is 5.75 Å². The number of nitrogens with one attached hydrogen (secondary N) is 2. The fraction of sp³-hybridized carbons (Fsp3) is 0.536. The van der Waals surface area contributed by atoms with E-state index in [0.717, 1.165) is 37.7 Å². The zero-order chi connectivity index (χ0) is 28.1. The van der Waals surface area contributed by atoms with Crippen LogP contribution in [0.25, 0.3) is 0 Å². The van der Waals surface area contributed by atoms with Crippen molar-refractivity contribution in [1.82, 2.24) is 10.0 Å². The van der Waals surface area contributed by atoms with Crippen LogP contribution < -0.4 is 10.0 Å². The molecule has 2 heterocycles. The number of rotatable bonds is 11. The lowest BCUT2D eigenvalue weighted by molar-refractivity contribution is -0.0912. The largest absolute Gasteiger partial charge is 0.508 e. The second-order valence-electron chi connectivity index (χ2n) is 10.5. The summed E-state index contributed by atoms with van der Waals surface area (Å²) in [5.41, 5.74) is 0.821. The number of aromatic hydroxyl groups is 1. The molecule has 0 spiro atoms. The monoisotopic (exact) mass is 576 g/mol. The van der Waals surface area contributed by atoms with Crippen molar-refractivity contribution < 1.29 is 42.4 Å². The number of phenolic OH excluding ortho intramolecular Hbond substituents is 1. The number of amides is 1. The van der Waals surface area contributed by atoms with Crippen molar-refractivity contribution in [2.24, 2.45) is 5.92 Å². The van der Waals surface area contributed by atoms with Crippen LogP contribution in [0.15, 0.2) is 59.5 Å². The highest BCUT2D eigenvalue weighted by atomic mass is 32.2. The quantitative estimate of drug-likeness (QED) is 0.296. The number of ether oxygens (including phenoxy) is 4. The lowest BCUT2D eigenvalue weighted by Crippen LogP contribution is -2.57. The minimum Gasteiger partial charge on any atom is -0.508 e. The molecule has 2 aliphatic heterocycles. The smallest absolute Gasteiger partial charge is 0.407 e. The molecule has 6 atom stereocenters. The Hall–Kier alpha value is -2.74. The molecule has 0 radical (unpaired) electrons. The third kappa shape index (κ3) is 7.12. The number of phenols is 1. The highest BCUT2D eigenvalue weighted by molar-refractivity contribution is 7.89. The molecule has 1 saturated carbocycles. The predicted octanol–water partition coefficient (Wildman–Crippen LogP) is 2.42. The number of hydrogen-bond donors (Lipinski definition) is 4. The normalized spacial score (nSPS) is 25.3. The number of benzene rings is 2. The van der Waals surface area contributed by atoms with Gasteiger partial charge in [-0.2, -0.15) is 4.72 Å². The molecule has 0 bridgehead atoms. The van der Waals surface area contributed by atoms with E-state index in [-0.39, 0.29) is 42.0 Å². The summed E-state index contributed by atoms with van der Waals surface area (Å²) in [6.07, 6.45) is -0.456. The predicted molar refractivity (Wildman–Crippen MR) is 143 cm³/mol. The number of hydrogen-bond acceptors (Lipinski definition) is 9. The minimum absolute atomic E-state index is 0.0567. The molecule has 40 heavy (non-hydrogen) atoms. The Labute approximate surface area is 233 Å². The summed E-state index contributed by atoms with van der Waals surface area (Å²) in [6, 6.07) is 13.3. The zero-order valence-corrected chi connectivity index (χ0v) is 22.9. The second-order valence-corrected chi connectivity index (χ2v) is 12.2. The Morgan fingerprint density at radius 1 is 1.02 bits per heavy atom. The van der Waals surface area contributed by atoms with Crippen LogP contribution in [0.1, 0.15) is 37.7 Å². The fourth-order valence-corrected chi connectivity index (χ4v) is 6.59. The molecule has 12 heteroatoms. The summed E-state index contributed by atoms with van der Waals surface area (Å²) in [6.45, 7) is 0.752. The third-order valence-corrected chi connectivity index (χ3v) is 9.06. The summed E-state index contributed by atoms with van der Waals surface area (Å²) in [7, 11) is -4.15. The number of sulfonamides is 1. The molecule has 2 aromatic rings. The summed E-state index contributed by atoms with van der Waals surface area (Å²) in [5, 5.41) is 23.9. The Balaban J connectivity index is 1.35. The standard InChI is InChI=1S/C28H36N2O9S/c31-19-10-12-21(13-11-19)40(34,35)30-26(38-20-8-4-5-9-20)25(32)23(16-18-6-2-1-3-7-18)29-28(33)39-24-17-37-27-22(24)14-15-36-27/h1-3,6-7,10-13,20,22-27,30-32H,4-5,8-9,14-17H2,(H,29,33)/t22?,23-,24?,25+,26?,27?/m0/s1. The van der Waals surface area contributed by atoms with Crippen LogP contribution in [0.5, 0.6) is 5.75 Å². The number of carbonyl (C=O) groups excluding carboxylic acids is 1. The average Bonchev–Trinajstić information content (AvgIpc) is 3.69. The highest BCUT2D eigenvalue weighted by Gasteiger charge is 2.44. The maximum absolute atomic E-state index is 13.2. The summed E-state index contributed by atoms with van der Waals surface area (Å²) >= 11 is 0. The Kier molecular flexibility index (Phi) is 9.24. The van der Waals surface area contributed by atoms with Crippen LogP contribution in [0.3, 0.4) is 0 Å². The minimum atomic E-state index is -4.15. The Morgan fingerprint density at radius 2 is 1.75 bits per heavy atom. The lowest BCUT2D eigenvalue weighted by atomic mass is 10.00. The molecular weight excluding hydrogens is 540 g/mol. The first-order valence-corrected chi connectivity index (χ1v) is 15.2. The molecule has 11 nitrogen and oxygen atoms in total. The van der Waals surface area contributed by atoms with Crippen LogP contribution in [-0.2, 0) is 35.4 Å². The SMILES string of the molecule is O=C(N[C@@H](Cc1ccccc1)[C@@H](O)C(NS(=O)(=O)c1ccc(O)cc1)OC1CCCC1)OC1COC2OCCC12. The van der Waals surface area contributed by atoms with Crippen molar-refractivity contribution in [1.29, 1.82) is 0 Å². The third-order valence-electron chi connectivity index (χ3n) is 7.63. The van der Waals surface area contributed by atoms with Crippen LogP contribution in [0, 0.1) is 5.92 Å². The molecule has 4 unspecified atom stereocenters. The Morgan fingerprint density at radius 3 is 2.48 bits per heavy atom. The van der Waals surface area contributed by atoms with E-state index in [9.17, 15) is 23.4 Å². The van der Waals surface area contributed by atoms with Crippen LogP contribution in [0.4, 0.5) is 4.79 Å². The number of alkyl carbamates (subject to hydrolysis) is 1. The van der Waals surface area contributed by atoms with Gasteiger partial charge in [-0.1, -0.05) is 43.2 Å². The van der Waals surface area contributed by atoms with Crippen molar-refractivity contribution >= 4 is 16.1 Å². The first-order chi connectivity index (χ1) is 19.3. The summed E-state index contributed by atoms with van der Waals surface area (Å²) in [4.78, 5) is 13.0. The van der Waals surface area contributed by atoms with Gasteiger partial charge < -0.3 is 34.5 Å². The van der Waals surface area contributed by atoms with Gasteiger partial charge in [-0.15, -0.1) is 0 Å². The topological polar surface area (TPSA) is 153 Å². The van der Waals surface area contributed by atoms with Gasteiger partial charge in [0.05, 0.1) is 36.2 Å². The van der Waals surface area contributed by atoms with Crippen molar-refractivity contribution in [2.75, 3.05) is 13.2 Å². The number of aliphatic hydroxyl groups excluding tert-OH is 1. The molecule has 2 saturated heterocycles. The van der Waals surface area contributed by atoms with Crippen molar-refractivity contribution in [3.63, 3.8) is 0 Å². The van der Waals surface area contributed by atoms with Gasteiger partial charge in [-0.3, -0.25) is 0 Å². The van der Waals surface area contributed by atoms with Gasteiger partial charge in [0.25, 0.3) is 0 Å². The van der Waals surface area contributed by atoms with E-state index in [4.69, 9.17) is 18.9 Å². The zero-order valence-electron chi connectivity index (χ0n) is 22.1. The van der Waals surface area contributed by atoms with Crippen LogP contribution in [-0.4, -0.2) is 74.8 Å². The fourth-order valence-electron chi connectivity index (χ4n) is 5.46.